The summed E-state index contributed by atoms with van der Waals surface area (Å²) in [5.41, 5.74) is 5.54. The van der Waals surface area contributed by atoms with Gasteiger partial charge in [0.15, 0.2) is 0 Å². The van der Waals surface area contributed by atoms with Gasteiger partial charge in [0.05, 0.1) is 4.90 Å². The van der Waals surface area contributed by atoms with E-state index < -0.39 is 10.0 Å². The van der Waals surface area contributed by atoms with Crippen LogP contribution in [-0.4, -0.2) is 24.8 Å². The van der Waals surface area contributed by atoms with Crippen LogP contribution in [0.4, 0.5) is 0 Å². The van der Waals surface area contributed by atoms with E-state index in [4.69, 9.17) is 5.73 Å². The smallest absolute Gasteiger partial charge is 0.244 e. The van der Waals surface area contributed by atoms with Crippen molar-refractivity contribution in [2.45, 2.75) is 56.6 Å². The third kappa shape index (κ3) is 2.47. The van der Waals surface area contributed by atoms with E-state index in [9.17, 15) is 8.42 Å². The summed E-state index contributed by atoms with van der Waals surface area (Å²) in [6.45, 7) is 4.37. The molecular weight excluding hydrogens is 268 g/mol. The second-order valence-corrected chi connectivity index (χ2v) is 7.76. The normalized spacial score (nSPS) is 26.4. The highest BCUT2D eigenvalue weighted by Crippen LogP contribution is 2.31. The van der Waals surface area contributed by atoms with Crippen molar-refractivity contribution in [1.82, 2.24) is 4.31 Å². The number of nitrogens with two attached hydrogens (primary N) is 1. The molecule has 0 saturated carbocycles. The Hall–Kier alpha value is -0.430. The summed E-state index contributed by atoms with van der Waals surface area (Å²) in [6, 6.07) is 1.87. The third-order valence-electron chi connectivity index (χ3n) is 3.52. The maximum atomic E-state index is 12.6. The van der Waals surface area contributed by atoms with Crippen molar-refractivity contribution in [2.24, 2.45) is 5.73 Å². The minimum absolute atomic E-state index is 0.0833. The number of hydrogen-bond donors (Lipinski definition) is 1. The van der Waals surface area contributed by atoms with E-state index in [1.54, 1.807) is 15.8 Å². The average molecular weight is 288 g/mol. The van der Waals surface area contributed by atoms with Gasteiger partial charge in [-0.1, -0.05) is 6.42 Å². The predicted molar refractivity (Wildman–Crippen MR) is 74.0 cm³/mol. The quantitative estimate of drug-likeness (QED) is 0.927. The summed E-state index contributed by atoms with van der Waals surface area (Å²) < 4.78 is 26.9. The molecule has 0 aliphatic carbocycles. The van der Waals surface area contributed by atoms with Crippen molar-refractivity contribution in [3.05, 3.63) is 16.3 Å². The first-order chi connectivity index (χ1) is 8.46. The first-order valence-electron chi connectivity index (χ1n) is 6.28. The van der Waals surface area contributed by atoms with E-state index >= 15 is 0 Å². The largest absolute Gasteiger partial charge is 0.326 e. The van der Waals surface area contributed by atoms with Crippen molar-refractivity contribution >= 4 is 21.4 Å². The van der Waals surface area contributed by atoms with Crippen LogP contribution >= 0.6 is 11.3 Å². The van der Waals surface area contributed by atoms with Gasteiger partial charge < -0.3 is 5.73 Å². The highest BCUT2D eigenvalue weighted by molar-refractivity contribution is 7.89. The Balaban J connectivity index is 2.34. The Kier molecular flexibility index (Phi) is 4.11. The molecule has 4 nitrogen and oxygen atoms in total. The van der Waals surface area contributed by atoms with Gasteiger partial charge in [0.25, 0.3) is 0 Å². The summed E-state index contributed by atoms with van der Waals surface area (Å²) >= 11 is 1.41. The van der Waals surface area contributed by atoms with Crippen LogP contribution in [0, 0.1) is 0 Å². The maximum absolute atomic E-state index is 12.6. The highest BCUT2D eigenvalue weighted by Gasteiger charge is 2.35. The summed E-state index contributed by atoms with van der Waals surface area (Å²) in [5, 5.41) is 1.70. The van der Waals surface area contributed by atoms with Gasteiger partial charge >= 0.3 is 0 Å². The molecule has 102 valence electrons. The average Bonchev–Trinajstić information content (AvgIpc) is 2.77. The molecule has 0 radical (unpaired) electrons. The number of sulfonamides is 1. The highest BCUT2D eigenvalue weighted by atomic mass is 32.2. The van der Waals surface area contributed by atoms with Crippen LogP contribution in [0.1, 0.15) is 38.0 Å². The first kappa shape index (κ1) is 14.0. The Morgan fingerprint density at radius 1 is 1.39 bits per heavy atom. The number of nitrogens with zero attached hydrogens (tertiary/aromatic N) is 1. The molecule has 0 spiro atoms. The minimum atomic E-state index is -3.36. The van der Waals surface area contributed by atoms with Crippen LogP contribution in [0.3, 0.4) is 0 Å². The Bertz CT molecular complexity index is 500. The Labute approximate surface area is 113 Å². The molecule has 2 heterocycles. The summed E-state index contributed by atoms with van der Waals surface area (Å²) in [7, 11) is -3.36. The Morgan fingerprint density at radius 3 is 2.50 bits per heavy atom. The summed E-state index contributed by atoms with van der Waals surface area (Å²) in [6.07, 6.45) is 2.99. The molecule has 0 aromatic carbocycles. The fourth-order valence-electron chi connectivity index (χ4n) is 2.60. The van der Waals surface area contributed by atoms with E-state index in [2.05, 4.69) is 0 Å². The summed E-state index contributed by atoms with van der Waals surface area (Å²) in [5.74, 6) is 0. The number of rotatable bonds is 3. The second kappa shape index (κ2) is 5.28. The number of piperidine rings is 1. The van der Waals surface area contributed by atoms with Crippen molar-refractivity contribution in [1.29, 1.82) is 0 Å². The van der Waals surface area contributed by atoms with Crippen molar-refractivity contribution in [2.75, 3.05) is 0 Å². The zero-order valence-corrected chi connectivity index (χ0v) is 12.4. The van der Waals surface area contributed by atoms with E-state index in [1.165, 1.54) is 11.3 Å². The molecule has 1 aliphatic heterocycles. The molecule has 0 amide bonds. The van der Waals surface area contributed by atoms with Crippen LogP contribution < -0.4 is 5.73 Å². The molecule has 1 fully saturated rings. The van der Waals surface area contributed by atoms with Gasteiger partial charge in [-0.15, -0.1) is 11.3 Å². The summed E-state index contributed by atoms with van der Waals surface area (Å²) in [4.78, 5) is 1.31. The lowest BCUT2D eigenvalue weighted by atomic mass is 10.0. The number of thiophene rings is 1. The van der Waals surface area contributed by atoms with E-state index in [0.717, 1.165) is 24.1 Å². The molecule has 2 rings (SSSR count). The number of hydrogen-bond acceptors (Lipinski definition) is 4. The molecule has 2 atom stereocenters. The predicted octanol–water partition coefficient (Wildman–Crippen LogP) is 2.16. The van der Waals surface area contributed by atoms with Crippen molar-refractivity contribution < 1.29 is 8.42 Å². The molecule has 1 saturated heterocycles. The lowest BCUT2D eigenvalue weighted by Gasteiger charge is -2.37. The zero-order chi connectivity index (χ0) is 13.3. The van der Waals surface area contributed by atoms with Gasteiger partial charge in [-0.3, -0.25) is 0 Å². The van der Waals surface area contributed by atoms with Crippen LogP contribution in [0.25, 0.3) is 0 Å². The van der Waals surface area contributed by atoms with Gasteiger partial charge in [-0.2, -0.15) is 4.31 Å². The van der Waals surface area contributed by atoms with Gasteiger partial charge in [0.2, 0.25) is 10.0 Å². The van der Waals surface area contributed by atoms with Crippen LogP contribution in [0.15, 0.2) is 16.3 Å². The molecule has 1 aromatic heterocycles. The van der Waals surface area contributed by atoms with Gasteiger partial charge in [0.1, 0.15) is 0 Å². The molecule has 0 unspecified atom stereocenters. The monoisotopic (exact) mass is 288 g/mol. The first-order valence-corrected chi connectivity index (χ1v) is 8.59. The van der Waals surface area contributed by atoms with E-state index in [1.807, 2.05) is 13.8 Å². The lowest BCUT2D eigenvalue weighted by molar-refractivity contribution is 0.204. The van der Waals surface area contributed by atoms with E-state index in [-0.39, 0.29) is 12.1 Å². The van der Waals surface area contributed by atoms with Crippen LogP contribution in [0.2, 0.25) is 0 Å². The Morgan fingerprint density at radius 2 is 2.00 bits per heavy atom. The minimum Gasteiger partial charge on any atom is -0.326 e. The molecule has 0 bridgehead atoms. The van der Waals surface area contributed by atoms with E-state index in [0.29, 0.717) is 11.4 Å². The SMILES string of the molecule is C[C@@H]1CCC[C@H](C)N1S(=O)(=O)c1csc(CN)c1. The molecular formula is C12H20N2O2S2. The van der Waals surface area contributed by atoms with Gasteiger partial charge in [-0.25, -0.2) is 8.42 Å². The molecule has 18 heavy (non-hydrogen) atoms. The molecule has 1 aromatic rings. The fraction of sp³-hybridized carbons (Fsp3) is 0.667. The fourth-order valence-corrected chi connectivity index (χ4v) is 5.62. The molecule has 2 N–H and O–H groups in total. The van der Waals surface area contributed by atoms with Crippen molar-refractivity contribution in [3.8, 4) is 0 Å². The zero-order valence-electron chi connectivity index (χ0n) is 10.8. The van der Waals surface area contributed by atoms with Gasteiger partial charge in [-0.05, 0) is 32.8 Å². The van der Waals surface area contributed by atoms with Crippen LogP contribution in [0.5, 0.6) is 0 Å². The topological polar surface area (TPSA) is 63.4 Å². The van der Waals surface area contributed by atoms with Crippen molar-refractivity contribution in [3.63, 3.8) is 0 Å². The second-order valence-electron chi connectivity index (χ2n) is 4.92. The molecule has 6 heteroatoms. The maximum Gasteiger partial charge on any atom is 0.244 e. The standard InChI is InChI=1S/C12H20N2O2S2/c1-9-4-3-5-10(2)14(9)18(15,16)12-6-11(7-13)17-8-12/h6,8-10H,3-5,7,13H2,1-2H3/t9-,10+. The molecule has 1 aliphatic rings. The third-order valence-corrected chi connectivity index (χ3v) is 6.73. The lowest BCUT2D eigenvalue weighted by Crippen LogP contribution is -2.47. The van der Waals surface area contributed by atoms with Gasteiger partial charge in [0, 0.05) is 28.9 Å². The van der Waals surface area contributed by atoms with Crippen LogP contribution in [-0.2, 0) is 16.6 Å².